The number of amides is 4. The summed E-state index contributed by atoms with van der Waals surface area (Å²) in [6.45, 7) is 9.63. The molecule has 0 unspecified atom stereocenters. The van der Waals surface area contributed by atoms with E-state index >= 15 is 0 Å². The highest BCUT2D eigenvalue weighted by Gasteiger charge is 2.42. The van der Waals surface area contributed by atoms with Crippen molar-refractivity contribution in [3.05, 3.63) is 0 Å². The van der Waals surface area contributed by atoms with E-state index in [1.807, 2.05) is 13.8 Å². The van der Waals surface area contributed by atoms with E-state index in [4.69, 9.17) is 0 Å². The second-order valence-electron chi connectivity index (χ2n) is 6.32. The van der Waals surface area contributed by atoms with Gasteiger partial charge in [0.15, 0.2) is 0 Å². The van der Waals surface area contributed by atoms with Crippen molar-refractivity contribution < 1.29 is 9.59 Å². The Hall–Kier alpha value is -1.06. The molecule has 1 fully saturated rings. The summed E-state index contributed by atoms with van der Waals surface area (Å²) in [4.78, 5) is 26.2. The van der Waals surface area contributed by atoms with Crippen molar-refractivity contribution in [2.45, 2.75) is 59.8 Å². The average Bonchev–Trinajstić information content (AvgIpc) is 2.34. The Labute approximate surface area is 117 Å². The summed E-state index contributed by atoms with van der Waals surface area (Å²) in [6.07, 6.45) is 5.76. The number of rotatable bonds is 9. The monoisotopic (exact) mass is 268 g/mol. The van der Waals surface area contributed by atoms with Crippen LogP contribution in [0, 0.1) is 11.8 Å². The van der Waals surface area contributed by atoms with Crippen LogP contribution in [0.5, 0.6) is 0 Å². The molecule has 0 bridgehead atoms. The first kappa shape index (κ1) is 16.0. The van der Waals surface area contributed by atoms with E-state index in [0.29, 0.717) is 19.0 Å². The number of hydrogen-bond donors (Lipinski definition) is 0. The Balaban J connectivity index is 2.12. The molecule has 1 heterocycles. The van der Waals surface area contributed by atoms with E-state index in [1.165, 1.54) is 29.1 Å². The van der Waals surface area contributed by atoms with Gasteiger partial charge >= 0.3 is 12.1 Å². The third-order valence-electron chi connectivity index (χ3n) is 3.38. The second kappa shape index (κ2) is 7.51. The highest BCUT2D eigenvalue weighted by molar-refractivity contribution is 6.11. The molecule has 0 spiro atoms. The van der Waals surface area contributed by atoms with E-state index in [2.05, 4.69) is 13.8 Å². The summed E-state index contributed by atoms with van der Waals surface area (Å²) >= 11 is 0. The van der Waals surface area contributed by atoms with Crippen LogP contribution in [0.25, 0.3) is 0 Å². The van der Waals surface area contributed by atoms with Crippen LogP contribution in [0.1, 0.15) is 59.8 Å². The van der Waals surface area contributed by atoms with Crippen molar-refractivity contribution in [3.63, 3.8) is 0 Å². The fourth-order valence-corrected chi connectivity index (χ4v) is 2.30. The minimum absolute atomic E-state index is 0.110. The Bertz CT molecular complexity index is 297. The van der Waals surface area contributed by atoms with Crippen molar-refractivity contribution in [2.75, 3.05) is 13.1 Å². The number of urea groups is 2. The molecule has 1 rings (SSSR count). The first-order valence-electron chi connectivity index (χ1n) is 7.56. The summed E-state index contributed by atoms with van der Waals surface area (Å²) in [5, 5.41) is 0. The van der Waals surface area contributed by atoms with Gasteiger partial charge in [-0.3, -0.25) is 0 Å². The molecule has 110 valence electrons. The Morgan fingerprint density at radius 2 is 1.37 bits per heavy atom. The summed E-state index contributed by atoms with van der Waals surface area (Å²) in [7, 11) is 0. The van der Waals surface area contributed by atoms with Gasteiger partial charge in [0.1, 0.15) is 0 Å². The molecule has 4 heteroatoms. The molecule has 0 saturated carbocycles. The molecule has 1 saturated heterocycles. The zero-order chi connectivity index (χ0) is 14.4. The van der Waals surface area contributed by atoms with E-state index in [9.17, 15) is 9.59 Å². The molecule has 1 aliphatic heterocycles. The minimum Gasteiger partial charge on any atom is -0.247 e. The van der Waals surface area contributed by atoms with Gasteiger partial charge in [-0.2, -0.15) is 0 Å². The van der Waals surface area contributed by atoms with Gasteiger partial charge in [-0.15, -0.1) is 0 Å². The lowest BCUT2D eigenvalue weighted by atomic mass is 10.0. The van der Waals surface area contributed by atoms with Crippen LogP contribution in [0.4, 0.5) is 9.59 Å². The van der Waals surface area contributed by atoms with Gasteiger partial charge in [0.2, 0.25) is 0 Å². The van der Waals surface area contributed by atoms with E-state index in [-0.39, 0.29) is 12.1 Å². The summed E-state index contributed by atoms with van der Waals surface area (Å²) < 4.78 is 0. The molecule has 0 aromatic carbocycles. The molecule has 1 aliphatic rings. The quantitative estimate of drug-likeness (QED) is 0.590. The third-order valence-corrected chi connectivity index (χ3v) is 3.38. The van der Waals surface area contributed by atoms with E-state index in [1.54, 1.807) is 0 Å². The van der Waals surface area contributed by atoms with Gasteiger partial charge in [0, 0.05) is 13.1 Å². The fraction of sp³-hybridized carbons (Fsp3) is 0.867. The van der Waals surface area contributed by atoms with E-state index < -0.39 is 0 Å². The molecule has 0 N–H and O–H groups in total. The Kier molecular flexibility index (Phi) is 6.32. The maximum Gasteiger partial charge on any atom is 0.336 e. The SMILES string of the molecule is CC(C)CCCCCCN1C(=O)N(CC(C)C)C1=O. The normalized spacial score (nSPS) is 15.7. The lowest BCUT2D eigenvalue weighted by Gasteiger charge is -2.39. The maximum atomic E-state index is 11.7. The molecular weight excluding hydrogens is 240 g/mol. The summed E-state index contributed by atoms with van der Waals surface area (Å²) in [5.74, 6) is 1.11. The van der Waals surface area contributed by atoms with Crippen molar-refractivity contribution >= 4 is 12.1 Å². The third kappa shape index (κ3) is 4.84. The zero-order valence-electron chi connectivity index (χ0n) is 12.8. The minimum atomic E-state index is -0.110. The second-order valence-corrected chi connectivity index (χ2v) is 6.32. The Morgan fingerprint density at radius 3 is 1.89 bits per heavy atom. The smallest absolute Gasteiger partial charge is 0.247 e. The van der Waals surface area contributed by atoms with Crippen molar-refractivity contribution in [1.29, 1.82) is 0 Å². The van der Waals surface area contributed by atoms with Crippen LogP contribution in [0.15, 0.2) is 0 Å². The largest absolute Gasteiger partial charge is 0.336 e. The number of imide groups is 2. The highest BCUT2D eigenvalue weighted by Crippen LogP contribution is 2.19. The fourth-order valence-electron chi connectivity index (χ4n) is 2.30. The number of carbonyl (C=O) groups is 2. The van der Waals surface area contributed by atoms with Crippen molar-refractivity contribution in [1.82, 2.24) is 9.80 Å². The summed E-state index contributed by atoms with van der Waals surface area (Å²) in [5.41, 5.74) is 0. The van der Waals surface area contributed by atoms with Crippen molar-refractivity contribution in [2.24, 2.45) is 11.8 Å². The first-order chi connectivity index (χ1) is 8.93. The first-order valence-corrected chi connectivity index (χ1v) is 7.56. The van der Waals surface area contributed by atoms with Crippen LogP contribution < -0.4 is 0 Å². The van der Waals surface area contributed by atoms with Gasteiger partial charge in [0.05, 0.1) is 0 Å². The number of unbranched alkanes of at least 4 members (excludes halogenated alkanes) is 3. The van der Waals surface area contributed by atoms with Crippen LogP contribution in [-0.4, -0.2) is 35.0 Å². The van der Waals surface area contributed by atoms with Crippen molar-refractivity contribution in [3.8, 4) is 0 Å². The highest BCUT2D eigenvalue weighted by atomic mass is 16.2. The molecule has 4 amide bonds. The van der Waals surface area contributed by atoms with Gasteiger partial charge in [0.25, 0.3) is 0 Å². The molecule has 0 atom stereocenters. The lowest BCUT2D eigenvalue weighted by Crippen LogP contribution is -2.64. The number of hydrogen-bond acceptors (Lipinski definition) is 2. The predicted octanol–water partition coefficient (Wildman–Crippen LogP) is 4.11. The van der Waals surface area contributed by atoms with Crippen LogP contribution in [-0.2, 0) is 0 Å². The molecule has 4 nitrogen and oxygen atoms in total. The predicted molar refractivity (Wildman–Crippen MR) is 77.0 cm³/mol. The standard InChI is InChI=1S/C15H28N2O2/c1-12(2)9-7-5-6-8-10-16-14(18)17(15(16)19)11-13(3)4/h12-13H,5-11H2,1-4H3. The van der Waals surface area contributed by atoms with Crippen LogP contribution in [0.2, 0.25) is 0 Å². The number of carbonyl (C=O) groups excluding carboxylic acids is 2. The lowest BCUT2D eigenvalue weighted by molar-refractivity contribution is 0.0996. The topological polar surface area (TPSA) is 40.6 Å². The van der Waals surface area contributed by atoms with Gasteiger partial charge in [-0.1, -0.05) is 53.4 Å². The molecule has 0 aromatic heterocycles. The average molecular weight is 268 g/mol. The van der Waals surface area contributed by atoms with Crippen LogP contribution >= 0.6 is 0 Å². The van der Waals surface area contributed by atoms with Gasteiger partial charge in [-0.25, -0.2) is 19.4 Å². The molecular formula is C15H28N2O2. The van der Waals surface area contributed by atoms with Crippen LogP contribution in [0.3, 0.4) is 0 Å². The molecule has 0 aliphatic carbocycles. The van der Waals surface area contributed by atoms with E-state index in [0.717, 1.165) is 18.8 Å². The summed E-state index contributed by atoms with van der Waals surface area (Å²) in [6, 6.07) is -0.221. The molecule has 0 aromatic rings. The zero-order valence-corrected chi connectivity index (χ0v) is 12.8. The van der Waals surface area contributed by atoms with Gasteiger partial charge in [-0.05, 0) is 18.3 Å². The molecule has 0 radical (unpaired) electrons. The molecule has 19 heavy (non-hydrogen) atoms. The number of nitrogens with zero attached hydrogens (tertiary/aromatic N) is 2. The Morgan fingerprint density at radius 1 is 0.789 bits per heavy atom. The maximum absolute atomic E-state index is 11.7. The van der Waals surface area contributed by atoms with Gasteiger partial charge < -0.3 is 0 Å².